The van der Waals surface area contributed by atoms with E-state index in [2.05, 4.69) is 20.7 Å². The lowest BCUT2D eigenvalue weighted by atomic mass is 10.2. The highest BCUT2D eigenvalue weighted by Gasteiger charge is 2.10. The minimum absolute atomic E-state index is 0.0851. The first-order valence-electron chi connectivity index (χ1n) is 6.50. The quantitative estimate of drug-likeness (QED) is 0.446. The van der Waals surface area contributed by atoms with Crippen LogP contribution >= 0.6 is 11.8 Å². The molecule has 0 unspecified atom stereocenters. The molecule has 1 aromatic carbocycles. The van der Waals surface area contributed by atoms with Crippen molar-refractivity contribution in [3.05, 3.63) is 36.2 Å². The van der Waals surface area contributed by atoms with Gasteiger partial charge in [-0.05, 0) is 30.7 Å². The zero-order valence-corrected chi connectivity index (χ0v) is 12.7. The van der Waals surface area contributed by atoms with Gasteiger partial charge in [-0.3, -0.25) is 4.79 Å². The highest BCUT2D eigenvalue weighted by atomic mass is 32.2. The number of benzene rings is 1. The number of hydrazine groups is 1. The Hall–Kier alpha value is -2.12. The van der Waals surface area contributed by atoms with Crippen LogP contribution in [0.1, 0.15) is 19.4 Å². The van der Waals surface area contributed by atoms with Crippen LogP contribution < -0.4 is 16.6 Å². The fourth-order valence-electron chi connectivity index (χ4n) is 1.85. The van der Waals surface area contributed by atoms with Crippen molar-refractivity contribution in [3.8, 4) is 0 Å². The number of hydrogen-bond donors (Lipinski definition) is 3. The first-order chi connectivity index (χ1) is 10.1. The summed E-state index contributed by atoms with van der Waals surface area (Å²) in [5.41, 5.74) is 4.35. The van der Waals surface area contributed by atoms with Crippen LogP contribution in [0.2, 0.25) is 0 Å². The van der Waals surface area contributed by atoms with Crippen molar-refractivity contribution in [2.45, 2.75) is 30.2 Å². The van der Waals surface area contributed by atoms with Gasteiger partial charge in [0.2, 0.25) is 5.91 Å². The van der Waals surface area contributed by atoms with Gasteiger partial charge >= 0.3 is 0 Å². The SMILES string of the molecule is CCc1c(NN)ncnc1Sc1ccc(NC(C)=O)cc1. The number of anilines is 2. The van der Waals surface area contributed by atoms with Crippen LogP contribution in [0.4, 0.5) is 11.5 Å². The Bertz CT molecular complexity index is 630. The fraction of sp³-hybridized carbons (Fsp3) is 0.214. The van der Waals surface area contributed by atoms with E-state index in [1.165, 1.54) is 25.0 Å². The van der Waals surface area contributed by atoms with Crippen molar-refractivity contribution in [2.75, 3.05) is 10.7 Å². The molecule has 1 amide bonds. The summed E-state index contributed by atoms with van der Waals surface area (Å²) in [5.74, 6) is 6.02. The number of rotatable bonds is 5. The molecule has 110 valence electrons. The summed E-state index contributed by atoms with van der Waals surface area (Å²) in [5, 5.41) is 3.60. The third-order valence-electron chi connectivity index (χ3n) is 2.79. The van der Waals surface area contributed by atoms with Crippen molar-refractivity contribution >= 4 is 29.2 Å². The van der Waals surface area contributed by atoms with Gasteiger partial charge < -0.3 is 10.7 Å². The van der Waals surface area contributed by atoms with Crippen LogP contribution in [-0.2, 0) is 11.2 Å². The van der Waals surface area contributed by atoms with Crippen molar-refractivity contribution < 1.29 is 4.79 Å². The average Bonchev–Trinajstić information content (AvgIpc) is 2.48. The molecule has 0 saturated carbocycles. The van der Waals surface area contributed by atoms with Crippen LogP contribution in [0.15, 0.2) is 40.5 Å². The highest BCUT2D eigenvalue weighted by molar-refractivity contribution is 7.99. The molecule has 0 radical (unpaired) electrons. The zero-order chi connectivity index (χ0) is 15.2. The molecule has 0 aliphatic rings. The molecule has 2 aromatic rings. The van der Waals surface area contributed by atoms with Crippen LogP contribution in [0.5, 0.6) is 0 Å². The van der Waals surface area contributed by atoms with Gasteiger partial charge in [0.15, 0.2) is 0 Å². The Morgan fingerprint density at radius 3 is 2.57 bits per heavy atom. The molecule has 7 heteroatoms. The van der Waals surface area contributed by atoms with Gasteiger partial charge in [0, 0.05) is 23.1 Å². The molecule has 0 atom stereocenters. The van der Waals surface area contributed by atoms with E-state index < -0.39 is 0 Å². The Labute approximate surface area is 127 Å². The van der Waals surface area contributed by atoms with Gasteiger partial charge in [-0.2, -0.15) is 0 Å². The number of aromatic nitrogens is 2. The number of hydrogen-bond acceptors (Lipinski definition) is 6. The molecule has 2 rings (SSSR count). The maximum absolute atomic E-state index is 11.0. The minimum atomic E-state index is -0.0851. The summed E-state index contributed by atoms with van der Waals surface area (Å²) in [6, 6.07) is 7.59. The third-order valence-corrected chi connectivity index (χ3v) is 3.84. The summed E-state index contributed by atoms with van der Waals surface area (Å²) < 4.78 is 0. The molecular weight excluding hydrogens is 286 g/mol. The lowest BCUT2D eigenvalue weighted by molar-refractivity contribution is -0.114. The van der Waals surface area contributed by atoms with Gasteiger partial charge in [-0.15, -0.1) is 0 Å². The molecule has 1 aromatic heterocycles. The first kappa shape index (κ1) is 15.3. The fourth-order valence-corrected chi connectivity index (χ4v) is 2.81. The molecule has 1 heterocycles. The molecular formula is C14H17N5OS. The van der Waals surface area contributed by atoms with Crippen molar-refractivity contribution in [3.63, 3.8) is 0 Å². The summed E-state index contributed by atoms with van der Waals surface area (Å²) in [7, 11) is 0. The number of carbonyl (C=O) groups is 1. The second-order valence-electron chi connectivity index (χ2n) is 4.31. The highest BCUT2D eigenvalue weighted by Crippen LogP contribution is 2.31. The summed E-state index contributed by atoms with van der Waals surface area (Å²) >= 11 is 1.54. The lowest BCUT2D eigenvalue weighted by Crippen LogP contribution is -2.12. The Morgan fingerprint density at radius 1 is 1.29 bits per heavy atom. The predicted octanol–water partition coefficient (Wildman–Crippen LogP) is 2.43. The van der Waals surface area contributed by atoms with Gasteiger partial charge in [-0.1, -0.05) is 18.7 Å². The maximum atomic E-state index is 11.0. The average molecular weight is 303 g/mol. The summed E-state index contributed by atoms with van der Waals surface area (Å²) in [4.78, 5) is 20.4. The van der Waals surface area contributed by atoms with E-state index in [1.54, 1.807) is 0 Å². The zero-order valence-electron chi connectivity index (χ0n) is 11.9. The van der Waals surface area contributed by atoms with E-state index in [0.717, 1.165) is 27.6 Å². The molecule has 0 aliphatic carbocycles. The summed E-state index contributed by atoms with van der Waals surface area (Å²) in [6.45, 7) is 3.52. The monoisotopic (exact) mass is 303 g/mol. The van der Waals surface area contributed by atoms with Crippen LogP contribution in [0.3, 0.4) is 0 Å². The molecule has 21 heavy (non-hydrogen) atoms. The van der Waals surface area contributed by atoms with Gasteiger partial charge in [0.1, 0.15) is 17.2 Å². The van der Waals surface area contributed by atoms with Crippen LogP contribution in [0, 0.1) is 0 Å². The van der Waals surface area contributed by atoms with Crippen LogP contribution in [-0.4, -0.2) is 15.9 Å². The molecule has 0 saturated heterocycles. The number of nitrogens with zero attached hydrogens (tertiary/aromatic N) is 2. The molecule has 0 fully saturated rings. The predicted molar refractivity (Wildman–Crippen MR) is 84.1 cm³/mol. The minimum Gasteiger partial charge on any atom is -0.326 e. The van der Waals surface area contributed by atoms with Crippen LogP contribution in [0.25, 0.3) is 0 Å². The van der Waals surface area contributed by atoms with E-state index in [1.807, 2.05) is 31.2 Å². The summed E-state index contributed by atoms with van der Waals surface area (Å²) in [6.07, 6.45) is 2.27. The molecule has 0 aliphatic heterocycles. The lowest BCUT2D eigenvalue weighted by Gasteiger charge is -2.10. The number of nitrogen functional groups attached to an aromatic ring is 1. The van der Waals surface area contributed by atoms with Gasteiger partial charge in [-0.25, -0.2) is 15.8 Å². The van der Waals surface area contributed by atoms with Crippen molar-refractivity contribution in [1.82, 2.24) is 9.97 Å². The molecule has 4 N–H and O–H groups in total. The second kappa shape index (κ2) is 7.05. The number of nitrogens with two attached hydrogens (primary N) is 1. The van der Waals surface area contributed by atoms with Crippen molar-refractivity contribution in [1.29, 1.82) is 0 Å². The standard InChI is InChI=1S/C14H17N5OS/c1-3-12-13(19-15)16-8-17-14(12)21-11-6-4-10(5-7-11)18-9(2)20/h4-8H,3,15H2,1-2H3,(H,18,20)(H,16,17,19). The Morgan fingerprint density at radius 2 is 2.00 bits per heavy atom. The van der Waals surface area contributed by atoms with E-state index in [9.17, 15) is 4.79 Å². The molecule has 0 bridgehead atoms. The maximum Gasteiger partial charge on any atom is 0.221 e. The number of amides is 1. The largest absolute Gasteiger partial charge is 0.326 e. The van der Waals surface area contributed by atoms with E-state index in [4.69, 9.17) is 5.84 Å². The third kappa shape index (κ3) is 3.93. The first-order valence-corrected chi connectivity index (χ1v) is 7.31. The molecule has 6 nitrogen and oxygen atoms in total. The van der Waals surface area contributed by atoms with E-state index in [-0.39, 0.29) is 5.91 Å². The number of nitrogens with one attached hydrogen (secondary N) is 2. The Balaban J connectivity index is 2.20. The van der Waals surface area contributed by atoms with E-state index >= 15 is 0 Å². The normalized spacial score (nSPS) is 10.2. The van der Waals surface area contributed by atoms with E-state index in [0.29, 0.717) is 5.82 Å². The smallest absolute Gasteiger partial charge is 0.221 e. The second-order valence-corrected chi connectivity index (χ2v) is 5.37. The topological polar surface area (TPSA) is 92.9 Å². The number of carbonyl (C=O) groups excluding carboxylic acids is 1. The van der Waals surface area contributed by atoms with Gasteiger partial charge in [0.05, 0.1) is 0 Å². The Kier molecular flexibility index (Phi) is 5.13. The van der Waals surface area contributed by atoms with Gasteiger partial charge in [0.25, 0.3) is 0 Å². The van der Waals surface area contributed by atoms with Crippen molar-refractivity contribution in [2.24, 2.45) is 5.84 Å². The molecule has 0 spiro atoms.